The van der Waals surface area contributed by atoms with Crippen LogP contribution in [-0.2, 0) is 11.3 Å². The molecule has 3 aromatic rings. The average Bonchev–Trinajstić information content (AvgIpc) is 2.70. The molecule has 6 heteroatoms. The van der Waals surface area contributed by atoms with Gasteiger partial charge in [-0.15, -0.1) is 11.8 Å². The molecule has 3 nitrogen and oxygen atoms in total. The minimum atomic E-state index is -0.324. The van der Waals surface area contributed by atoms with E-state index in [4.69, 9.17) is 0 Å². The Balaban J connectivity index is 1.67. The van der Waals surface area contributed by atoms with Crippen LogP contribution in [0.5, 0.6) is 0 Å². The maximum absolute atomic E-state index is 13.3. The van der Waals surface area contributed by atoms with E-state index >= 15 is 0 Å². The van der Waals surface area contributed by atoms with E-state index in [2.05, 4.69) is 10.3 Å². The van der Waals surface area contributed by atoms with Crippen molar-refractivity contribution in [3.05, 3.63) is 101 Å². The predicted octanol–water partition coefficient (Wildman–Crippen LogP) is 4.50. The van der Waals surface area contributed by atoms with Crippen LogP contribution in [0.15, 0.2) is 72.9 Å². The molecule has 0 saturated heterocycles. The van der Waals surface area contributed by atoms with Crippen molar-refractivity contribution in [3.8, 4) is 0 Å². The Hall–Kier alpha value is -2.73. The van der Waals surface area contributed by atoms with Gasteiger partial charge in [0.2, 0.25) is 5.91 Å². The van der Waals surface area contributed by atoms with Gasteiger partial charge < -0.3 is 5.32 Å². The van der Waals surface area contributed by atoms with Gasteiger partial charge >= 0.3 is 0 Å². The molecule has 0 saturated carbocycles. The van der Waals surface area contributed by atoms with Gasteiger partial charge in [0.25, 0.3) is 0 Å². The number of hydrogen-bond donors (Lipinski definition) is 1. The smallest absolute Gasteiger partial charge is 0.230 e. The zero-order chi connectivity index (χ0) is 19.1. The van der Waals surface area contributed by atoms with Crippen LogP contribution in [0.25, 0.3) is 0 Å². The zero-order valence-electron chi connectivity index (χ0n) is 14.4. The summed E-state index contributed by atoms with van der Waals surface area (Å²) in [5.74, 6) is -0.559. The maximum atomic E-state index is 13.3. The van der Waals surface area contributed by atoms with E-state index in [1.54, 1.807) is 30.5 Å². The standard InChI is InChI=1S/C21H18F2N2OS/c22-17-8-4-15(5-9-17)21(16-6-10-18(23)11-7-16)27-14-20(26)25-13-19-3-1-2-12-24-19/h1-12,21H,13-14H2,(H,25,26). The van der Waals surface area contributed by atoms with E-state index in [0.717, 1.165) is 16.8 Å². The Kier molecular flexibility index (Phi) is 6.54. The van der Waals surface area contributed by atoms with E-state index < -0.39 is 0 Å². The van der Waals surface area contributed by atoms with Crippen molar-refractivity contribution in [1.29, 1.82) is 0 Å². The first-order chi connectivity index (χ1) is 13.1. The lowest BCUT2D eigenvalue weighted by molar-refractivity contribution is -0.118. The minimum Gasteiger partial charge on any atom is -0.350 e. The fourth-order valence-corrected chi connectivity index (χ4v) is 3.68. The summed E-state index contributed by atoms with van der Waals surface area (Å²) in [6, 6.07) is 17.8. The van der Waals surface area contributed by atoms with Gasteiger partial charge in [-0.2, -0.15) is 0 Å². The van der Waals surface area contributed by atoms with Gasteiger partial charge in [0.15, 0.2) is 0 Å². The monoisotopic (exact) mass is 384 g/mol. The highest BCUT2D eigenvalue weighted by molar-refractivity contribution is 8.00. The number of benzene rings is 2. The van der Waals surface area contributed by atoms with Gasteiger partial charge in [-0.25, -0.2) is 8.78 Å². The Bertz CT molecular complexity index is 825. The van der Waals surface area contributed by atoms with Crippen LogP contribution in [-0.4, -0.2) is 16.6 Å². The van der Waals surface area contributed by atoms with Crippen molar-refractivity contribution in [2.75, 3.05) is 5.75 Å². The highest BCUT2D eigenvalue weighted by Gasteiger charge is 2.17. The summed E-state index contributed by atoms with van der Waals surface area (Å²) in [5, 5.41) is 2.63. The summed E-state index contributed by atoms with van der Waals surface area (Å²) in [7, 11) is 0. The topological polar surface area (TPSA) is 42.0 Å². The van der Waals surface area contributed by atoms with Crippen LogP contribution in [0.3, 0.4) is 0 Å². The summed E-state index contributed by atoms with van der Waals surface area (Å²) in [4.78, 5) is 16.4. The minimum absolute atomic E-state index is 0.125. The molecule has 1 N–H and O–H groups in total. The highest BCUT2D eigenvalue weighted by atomic mass is 32.2. The summed E-state index contributed by atoms with van der Waals surface area (Å²) in [6.45, 7) is 0.359. The number of rotatable bonds is 7. The van der Waals surface area contributed by atoms with Crippen LogP contribution in [0.1, 0.15) is 22.1 Å². The fraction of sp³-hybridized carbons (Fsp3) is 0.143. The fourth-order valence-electron chi connectivity index (χ4n) is 2.56. The summed E-state index contributed by atoms with van der Waals surface area (Å²) in [6.07, 6.45) is 1.68. The largest absolute Gasteiger partial charge is 0.350 e. The quantitative estimate of drug-likeness (QED) is 0.652. The second-order valence-corrected chi connectivity index (χ2v) is 6.99. The van der Waals surface area contributed by atoms with Gasteiger partial charge in [-0.05, 0) is 47.5 Å². The molecule has 0 atom stereocenters. The molecule has 1 aromatic heterocycles. The number of thioether (sulfide) groups is 1. The number of nitrogens with one attached hydrogen (secondary N) is 1. The molecule has 2 aromatic carbocycles. The molecule has 0 bridgehead atoms. The first-order valence-corrected chi connectivity index (χ1v) is 9.46. The predicted molar refractivity (Wildman–Crippen MR) is 103 cm³/mol. The van der Waals surface area contributed by atoms with Crippen LogP contribution < -0.4 is 5.32 Å². The molecule has 138 valence electrons. The maximum Gasteiger partial charge on any atom is 0.230 e. The zero-order valence-corrected chi connectivity index (χ0v) is 15.3. The normalized spacial score (nSPS) is 10.8. The van der Waals surface area contributed by atoms with E-state index in [0.29, 0.717) is 6.54 Å². The lowest BCUT2D eigenvalue weighted by atomic mass is 10.0. The Labute approximate surface area is 160 Å². The van der Waals surface area contributed by atoms with Gasteiger partial charge in [0, 0.05) is 6.20 Å². The summed E-state index contributed by atoms with van der Waals surface area (Å²) in [5.41, 5.74) is 2.49. The summed E-state index contributed by atoms with van der Waals surface area (Å²) < 4.78 is 26.5. The van der Waals surface area contributed by atoms with Gasteiger partial charge in [0.05, 0.1) is 23.2 Å². The molecular formula is C21H18F2N2OS. The summed E-state index contributed by atoms with van der Waals surface area (Å²) >= 11 is 1.41. The molecule has 1 heterocycles. The first-order valence-electron chi connectivity index (χ1n) is 8.41. The molecule has 0 fully saturated rings. The second-order valence-electron chi connectivity index (χ2n) is 5.89. The lowest BCUT2D eigenvalue weighted by Crippen LogP contribution is -2.25. The van der Waals surface area contributed by atoms with Crippen LogP contribution in [0.4, 0.5) is 8.78 Å². The molecular weight excluding hydrogens is 366 g/mol. The van der Waals surface area contributed by atoms with Gasteiger partial charge in [-0.3, -0.25) is 9.78 Å². The van der Waals surface area contributed by atoms with Gasteiger partial charge in [-0.1, -0.05) is 30.3 Å². The van der Waals surface area contributed by atoms with Crippen molar-refractivity contribution in [1.82, 2.24) is 10.3 Å². The number of halogens is 2. The van der Waals surface area contributed by atoms with Crippen LogP contribution >= 0.6 is 11.8 Å². The number of pyridine rings is 1. The molecule has 0 aliphatic rings. The second kappa shape index (κ2) is 9.28. The van der Waals surface area contributed by atoms with E-state index in [9.17, 15) is 13.6 Å². The third-order valence-electron chi connectivity index (χ3n) is 3.92. The van der Waals surface area contributed by atoms with Crippen molar-refractivity contribution in [3.63, 3.8) is 0 Å². The molecule has 0 aliphatic heterocycles. The molecule has 27 heavy (non-hydrogen) atoms. The molecule has 0 aliphatic carbocycles. The number of amides is 1. The van der Waals surface area contributed by atoms with Crippen molar-refractivity contribution in [2.24, 2.45) is 0 Å². The van der Waals surface area contributed by atoms with Crippen LogP contribution in [0, 0.1) is 11.6 Å². The van der Waals surface area contributed by atoms with Crippen LogP contribution in [0.2, 0.25) is 0 Å². The Morgan fingerprint density at radius 1 is 0.926 bits per heavy atom. The first kappa shape index (κ1) is 19.0. The lowest BCUT2D eigenvalue weighted by Gasteiger charge is -2.18. The third-order valence-corrected chi connectivity index (χ3v) is 5.23. The molecule has 0 unspecified atom stereocenters. The molecule has 3 rings (SSSR count). The average molecular weight is 384 g/mol. The van der Waals surface area contributed by atoms with Crippen molar-refractivity contribution >= 4 is 17.7 Å². The molecule has 1 amide bonds. The van der Waals surface area contributed by atoms with Gasteiger partial charge in [0.1, 0.15) is 11.6 Å². The Morgan fingerprint density at radius 3 is 2.04 bits per heavy atom. The van der Waals surface area contributed by atoms with Crippen molar-refractivity contribution < 1.29 is 13.6 Å². The highest BCUT2D eigenvalue weighted by Crippen LogP contribution is 2.35. The molecule has 0 radical (unpaired) electrons. The SMILES string of the molecule is O=C(CSC(c1ccc(F)cc1)c1ccc(F)cc1)NCc1ccccn1. The number of carbonyl (C=O) groups excluding carboxylic acids is 1. The molecule has 0 spiro atoms. The van der Waals surface area contributed by atoms with E-state index in [-0.39, 0.29) is 28.5 Å². The Morgan fingerprint density at radius 2 is 1.52 bits per heavy atom. The number of aromatic nitrogens is 1. The number of carbonyl (C=O) groups is 1. The third kappa shape index (κ3) is 5.62. The number of hydrogen-bond acceptors (Lipinski definition) is 3. The van der Waals surface area contributed by atoms with E-state index in [1.807, 2.05) is 18.2 Å². The van der Waals surface area contributed by atoms with Crippen molar-refractivity contribution in [2.45, 2.75) is 11.8 Å². The van der Waals surface area contributed by atoms with E-state index in [1.165, 1.54) is 36.0 Å². The number of nitrogens with zero attached hydrogens (tertiary/aromatic N) is 1.